The van der Waals surface area contributed by atoms with E-state index in [1.165, 1.54) is 19.3 Å². The van der Waals surface area contributed by atoms with Crippen LogP contribution in [-0.4, -0.2) is 57.8 Å². The summed E-state index contributed by atoms with van der Waals surface area (Å²) in [7, 11) is 0. The van der Waals surface area contributed by atoms with Gasteiger partial charge in [-0.1, -0.05) is 12.8 Å². The van der Waals surface area contributed by atoms with Crippen LogP contribution in [0, 0.1) is 0 Å². The maximum absolute atomic E-state index is 12.9. The number of carbonyl (C=O) groups excluding carboxylic acids is 1. The van der Waals surface area contributed by atoms with Crippen LogP contribution in [0.3, 0.4) is 0 Å². The van der Waals surface area contributed by atoms with Gasteiger partial charge < -0.3 is 15.3 Å². The van der Waals surface area contributed by atoms with Crippen molar-refractivity contribution in [3.05, 3.63) is 29.4 Å². The van der Waals surface area contributed by atoms with Crippen LogP contribution in [0.15, 0.2) is 23.8 Å². The minimum absolute atomic E-state index is 0.185. The Hall–Kier alpha value is -2.19. The van der Waals surface area contributed by atoms with Crippen molar-refractivity contribution < 1.29 is 14.7 Å². The molecule has 4 rings (SSSR count). The normalized spacial score (nSPS) is 22.5. The Bertz CT molecular complexity index is 699. The van der Waals surface area contributed by atoms with Crippen molar-refractivity contribution in [2.24, 2.45) is 0 Å². The monoisotopic (exact) mass is 362 g/mol. The van der Waals surface area contributed by atoms with Crippen molar-refractivity contribution in [3.63, 3.8) is 0 Å². The SMILES string of the molecule is O=C(c1csc(-c2cn[nH]c2)c1)N1CCNC2CCCCC21.O=CO. The molecular weight excluding hydrogens is 340 g/mol. The van der Waals surface area contributed by atoms with Gasteiger partial charge in [-0.15, -0.1) is 11.3 Å². The molecule has 1 saturated carbocycles. The summed E-state index contributed by atoms with van der Waals surface area (Å²) in [6, 6.07) is 2.85. The zero-order valence-electron chi connectivity index (χ0n) is 13.9. The van der Waals surface area contributed by atoms with E-state index in [1.54, 1.807) is 17.5 Å². The lowest BCUT2D eigenvalue weighted by atomic mass is 9.87. The molecule has 1 aliphatic carbocycles. The Labute approximate surface area is 150 Å². The zero-order valence-corrected chi connectivity index (χ0v) is 14.7. The van der Waals surface area contributed by atoms with E-state index in [0.29, 0.717) is 12.1 Å². The largest absolute Gasteiger partial charge is 0.483 e. The van der Waals surface area contributed by atoms with Gasteiger partial charge in [-0.05, 0) is 18.9 Å². The Kier molecular flexibility index (Phi) is 5.83. The number of fused-ring (bicyclic) bond motifs is 1. The Balaban J connectivity index is 0.000000569. The summed E-state index contributed by atoms with van der Waals surface area (Å²) in [5.74, 6) is 0.185. The number of hydrogen-bond acceptors (Lipinski definition) is 5. The molecule has 0 spiro atoms. The number of aromatic nitrogens is 2. The number of nitrogens with one attached hydrogen (secondary N) is 2. The van der Waals surface area contributed by atoms with Gasteiger partial charge in [0.05, 0.1) is 11.8 Å². The first-order chi connectivity index (χ1) is 12.2. The number of carboxylic acid groups (broad SMARTS) is 1. The molecule has 0 radical (unpaired) electrons. The standard InChI is InChI=1S/C16H20N4OS.CH2O2/c21-16(11-7-15(22-10-11)12-8-18-19-9-12)20-6-5-17-13-3-1-2-4-14(13)20;2-1-3/h7-10,13-14,17H,1-6H2,(H,18,19);1H,(H,2,3). The molecule has 3 N–H and O–H groups in total. The van der Waals surface area contributed by atoms with Crippen LogP contribution in [0.25, 0.3) is 10.4 Å². The molecule has 2 unspecified atom stereocenters. The molecule has 1 saturated heterocycles. The first kappa shape index (κ1) is 17.6. The van der Waals surface area contributed by atoms with Crippen molar-refractivity contribution in [2.45, 2.75) is 37.8 Å². The van der Waals surface area contributed by atoms with Gasteiger partial charge >= 0.3 is 0 Å². The fraction of sp³-hybridized carbons (Fsp3) is 0.471. The first-order valence-corrected chi connectivity index (χ1v) is 9.32. The fourth-order valence-corrected chi connectivity index (χ4v) is 4.53. The molecule has 2 aliphatic rings. The zero-order chi connectivity index (χ0) is 17.6. The van der Waals surface area contributed by atoms with Crippen molar-refractivity contribution in [2.75, 3.05) is 13.1 Å². The molecule has 0 bridgehead atoms. The summed E-state index contributed by atoms with van der Waals surface area (Å²) in [5.41, 5.74) is 1.85. The van der Waals surface area contributed by atoms with Crippen LogP contribution < -0.4 is 5.32 Å². The molecule has 1 aliphatic heterocycles. The highest BCUT2D eigenvalue weighted by Gasteiger charge is 2.36. The van der Waals surface area contributed by atoms with Crippen LogP contribution in [0.1, 0.15) is 36.0 Å². The van der Waals surface area contributed by atoms with Gasteiger partial charge in [-0.3, -0.25) is 14.7 Å². The molecule has 7 nitrogen and oxygen atoms in total. The molecule has 134 valence electrons. The number of hydrogen-bond donors (Lipinski definition) is 3. The number of carbonyl (C=O) groups is 2. The van der Waals surface area contributed by atoms with E-state index >= 15 is 0 Å². The second-order valence-electron chi connectivity index (χ2n) is 6.20. The third-order valence-electron chi connectivity index (χ3n) is 4.78. The lowest BCUT2D eigenvalue weighted by Gasteiger charge is -2.44. The Morgan fingerprint density at radius 3 is 2.96 bits per heavy atom. The summed E-state index contributed by atoms with van der Waals surface area (Å²) >= 11 is 1.61. The highest BCUT2D eigenvalue weighted by molar-refractivity contribution is 7.13. The molecule has 0 aromatic carbocycles. The molecule has 2 atom stereocenters. The molecular formula is C17H22N4O3S. The molecule has 3 heterocycles. The summed E-state index contributed by atoms with van der Waals surface area (Å²) in [4.78, 5) is 24.5. The van der Waals surface area contributed by atoms with Crippen LogP contribution in [0.5, 0.6) is 0 Å². The summed E-state index contributed by atoms with van der Waals surface area (Å²) in [6.07, 6.45) is 8.49. The molecule has 25 heavy (non-hydrogen) atoms. The van der Waals surface area contributed by atoms with Crippen molar-refractivity contribution in [3.8, 4) is 10.4 Å². The van der Waals surface area contributed by atoms with Gasteiger partial charge in [-0.25, -0.2) is 0 Å². The van der Waals surface area contributed by atoms with Gasteiger partial charge in [0, 0.05) is 47.2 Å². The fourth-order valence-electron chi connectivity index (χ4n) is 3.66. The van der Waals surface area contributed by atoms with E-state index in [0.717, 1.165) is 35.5 Å². The van der Waals surface area contributed by atoms with Crippen LogP contribution in [-0.2, 0) is 4.79 Å². The number of aromatic amines is 1. The lowest BCUT2D eigenvalue weighted by Crippen LogP contribution is -2.60. The maximum atomic E-state index is 12.9. The van der Waals surface area contributed by atoms with E-state index in [1.807, 2.05) is 17.6 Å². The smallest absolute Gasteiger partial charge is 0.290 e. The summed E-state index contributed by atoms with van der Waals surface area (Å²) < 4.78 is 0. The summed E-state index contributed by atoms with van der Waals surface area (Å²) in [6.45, 7) is 1.47. The molecule has 2 fully saturated rings. The second kappa shape index (κ2) is 8.26. The molecule has 2 aromatic heterocycles. The number of H-pyrrole nitrogens is 1. The molecule has 2 aromatic rings. The minimum atomic E-state index is -0.250. The van der Waals surface area contributed by atoms with E-state index in [-0.39, 0.29) is 12.4 Å². The highest BCUT2D eigenvalue weighted by Crippen LogP contribution is 2.30. The van der Waals surface area contributed by atoms with E-state index < -0.39 is 0 Å². The van der Waals surface area contributed by atoms with Crippen molar-refractivity contribution in [1.82, 2.24) is 20.4 Å². The van der Waals surface area contributed by atoms with Gasteiger partial charge in [0.15, 0.2) is 0 Å². The Morgan fingerprint density at radius 1 is 1.40 bits per heavy atom. The third-order valence-corrected chi connectivity index (χ3v) is 5.76. The average molecular weight is 362 g/mol. The van der Waals surface area contributed by atoms with Gasteiger partial charge in [0.25, 0.3) is 12.4 Å². The second-order valence-corrected chi connectivity index (χ2v) is 7.11. The van der Waals surface area contributed by atoms with Crippen LogP contribution in [0.2, 0.25) is 0 Å². The summed E-state index contributed by atoms with van der Waals surface area (Å²) in [5, 5.41) is 19.2. The van der Waals surface area contributed by atoms with Crippen molar-refractivity contribution in [1.29, 1.82) is 0 Å². The highest BCUT2D eigenvalue weighted by atomic mass is 32.1. The van der Waals surface area contributed by atoms with Gasteiger partial charge in [-0.2, -0.15) is 5.10 Å². The van der Waals surface area contributed by atoms with Crippen LogP contribution >= 0.6 is 11.3 Å². The first-order valence-electron chi connectivity index (χ1n) is 8.44. The third kappa shape index (κ3) is 3.91. The number of piperazine rings is 1. The van der Waals surface area contributed by atoms with E-state index in [2.05, 4.69) is 20.4 Å². The van der Waals surface area contributed by atoms with Crippen LogP contribution in [0.4, 0.5) is 0 Å². The number of amides is 1. The number of thiophene rings is 1. The Morgan fingerprint density at radius 2 is 2.20 bits per heavy atom. The van der Waals surface area contributed by atoms with Crippen molar-refractivity contribution >= 4 is 23.7 Å². The number of nitrogens with zero attached hydrogens (tertiary/aromatic N) is 2. The topological polar surface area (TPSA) is 98.3 Å². The predicted molar refractivity (Wildman–Crippen MR) is 95.7 cm³/mol. The lowest BCUT2D eigenvalue weighted by molar-refractivity contribution is -0.122. The molecule has 1 amide bonds. The number of rotatable bonds is 2. The van der Waals surface area contributed by atoms with E-state index in [4.69, 9.17) is 9.90 Å². The van der Waals surface area contributed by atoms with E-state index in [9.17, 15) is 4.79 Å². The average Bonchev–Trinajstić information content (AvgIpc) is 3.32. The van der Waals surface area contributed by atoms with Gasteiger partial charge in [0.1, 0.15) is 0 Å². The predicted octanol–water partition coefficient (Wildman–Crippen LogP) is 2.20. The van der Waals surface area contributed by atoms with Gasteiger partial charge in [0.2, 0.25) is 0 Å². The quantitative estimate of drug-likeness (QED) is 0.712. The minimum Gasteiger partial charge on any atom is -0.483 e. The maximum Gasteiger partial charge on any atom is 0.290 e. The molecule has 8 heteroatoms.